The van der Waals surface area contributed by atoms with Crippen LogP contribution in [0.1, 0.15) is 17.6 Å². The van der Waals surface area contributed by atoms with E-state index in [1.807, 2.05) is 19.4 Å². The zero-order valence-electron chi connectivity index (χ0n) is 9.55. The maximum atomic E-state index is 4.42. The molecule has 0 fully saturated rings. The number of hydrogen-bond acceptors (Lipinski definition) is 4. The lowest BCUT2D eigenvalue weighted by molar-refractivity contribution is 0.473. The van der Waals surface area contributed by atoms with Crippen LogP contribution < -0.4 is 5.32 Å². The molecule has 4 nitrogen and oxygen atoms in total. The number of imidazole rings is 1. The number of nitrogens with one attached hydrogen (secondary N) is 1. The van der Waals surface area contributed by atoms with Crippen LogP contribution in [0.25, 0.3) is 0 Å². The number of rotatable bonds is 5. The molecule has 0 aromatic carbocycles. The van der Waals surface area contributed by atoms with Crippen molar-refractivity contribution in [2.45, 2.75) is 33.0 Å². The summed E-state index contributed by atoms with van der Waals surface area (Å²) in [6.07, 6.45) is 5.62. The fourth-order valence-corrected chi connectivity index (χ4v) is 2.16. The van der Waals surface area contributed by atoms with Gasteiger partial charge < -0.3 is 9.88 Å². The largest absolute Gasteiger partial charge is 0.336 e. The molecule has 5 heteroatoms. The molecule has 0 radical (unpaired) electrons. The van der Waals surface area contributed by atoms with Gasteiger partial charge in [0.2, 0.25) is 0 Å². The van der Waals surface area contributed by atoms with Gasteiger partial charge in [0, 0.05) is 36.9 Å². The van der Waals surface area contributed by atoms with Crippen molar-refractivity contribution >= 4 is 11.3 Å². The van der Waals surface area contributed by atoms with Crippen LogP contribution >= 0.6 is 11.3 Å². The lowest BCUT2D eigenvalue weighted by Gasteiger charge is -2.13. The first-order chi connectivity index (χ1) is 7.74. The summed E-state index contributed by atoms with van der Waals surface area (Å²) in [4.78, 5) is 8.44. The number of aromatic nitrogens is 3. The Bertz CT molecular complexity index is 421. The third kappa shape index (κ3) is 3.15. The molecule has 0 bridgehead atoms. The van der Waals surface area contributed by atoms with Crippen molar-refractivity contribution in [1.29, 1.82) is 0 Å². The minimum atomic E-state index is 0.413. The van der Waals surface area contributed by atoms with Crippen molar-refractivity contribution in [3.05, 3.63) is 34.8 Å². The fraction of sp³-hybridized carbons (Fsp3) is 0.455. The van der Waals surface area contributed by atoms with E-state index in [1.54, 1.807) is 17.5 Å². The van der Waals surface area contributed by atoms with Crippen LogP contribution in [-0.2, 0) is 13.1 Å². The molecule has 0 aliphatic rings. The molecule has 16 heavy (non-hydrogen) atoms. The number of nitrogens with zero attached hydrogens (tertiary/aromatic N) is 3. The second-order valence-corrected chi connectivity index (χ2v) is 4.96. The van der Waals surface area contributed by atoms with Crippen molar-refractivity contribution in [3.63, 3.8) is 0 Å². The van der Waals surface area contributed by atoms with Gasteiger partial charge in [0.25, 0.3) is 0 Å². The van der Waals surface area contributed by atoms with Crippen LogP contribution in [0.3, 0.4) is 0 Å². The summed E-state index contributed by atoms with van der Waals surface area (Å²) < 4.78 is 2.07. The van der Waals surface area contributed by atoms with E-state index < -0.39 is 0 Å². The summed E-state index contributed by atoms with van der Waals surface area (Å²) in [5.41, 5.74) is 1.12. The molecule has 0 saturated heterocycles. The van der Waals surface area contributed by atoms with Crippen molar-refractivity contribution in [2.75, 3.05) is 0 Å². The first-order valence-electron chi connectivity index (χ1n) is 5.34. The minimum absolute atomic E-state index is 0.413. The van der Waals surface area contributed by atoms with Gasteiger partial charge in [0.05, 0.1) is 17.0 Å². The van der Waals surface area contributed by atoms with Gasteiger partial charge in [-0.3, -0.25) is 0 Å². The van der Waals surface area contributed by atoms with E-state index in [9.17, 15) is 0 Å². The van der Waals surface area contributed by atoms with Gasteiger partial charge in [-0.25, -0.2) is 9.97 Å². The van der Waals surface area contributed by atoms with Gasteiger partial charge in [-0.15, -0.1) is 11.3 Å². The second-order valence-electron chi connectivity index (χ2n) is 3.90. The highest BCUT2D eigenvalue weighted by Crippen LogP contribution is 2.07. The Labute approximate surface area is 99.4 Å². The Morgan fingerprint density at radius 3 is 3.06 bits per heavy atom. The molecule has 0 saturated carbocycles. The SMILES string of the molecule is Cc1nc(CNC(C)Cn2ccnc2)cs1. The molecule has 2 heterocycles. The maximum absolute atomic E-state index is 4.42. The molecule has 0 aliphatic carbocycles. The molecular formula is C11H16N4S. The molecule has 0 aliphatic heterocycles. The van der Waals surface area contributed by atoms with Crippen molar-refractivity contribution in [2.24, 2.45) is 0 Å². The van der Waals surface area contributed by atoms with Crippen LogP contribution in [0.15, 0.2) is 24.1 Å². The molecule has 1 unspecified atom stereocenters. The van der Waals surface area contributed by atoms with E-state index in [0.717, 1.165) is 23.8 Å². The highest BCUT2D eigenvalue weighted by molar-refractivity contribution is 7.09. The standard InChI is InChI=1S/C11H16N4S/c1-9(6-15-4-3-12-8-15)13-5-11-7-16-10(2)14-11/h3-4,7-9,13H,5-6H2,1-2H3. The molecule has 1 atom stereocenters. The minimum Gasteiger partial charge on any atom is -0.336 e. The monoisotopic (exact) mass is 236 g/mol. The normalized spacial score (nSPS) is 12.9. The molecule has 0 spiro atoms. The summed E-state index contributed by atoms with van der Waals surface area (Å²) >= 11 is 1.70. The van der Waals surface area contributed by atoms with Crippen LogP contribution in [0.5, 0.6) is 0 Å². The highest BCUT2D eigenvalue weighted by Gasteiger charge is 2.03. The Balaban J connectivity index is 1.77. The smallest absolute Gasteiger partial charge is 0.0946 e. The van der Waals surface area contributed by atoms with Gasteiger partial charge in [0.15, 0.2) is 0 Å². The molecule has 0 amide bonds. The van der Waals surface area contributed by atoms with Gasteiger partial charge in [-0.2, -0.15) is 0 Å². The van der Waals surface area contributed by atoms with Gasteiger partial charge in [-0.05, 0) is 13.8 Å². The van der Waals surface area contributed by atoms with Crippen LogP contribution in [0.4, 0.5) is 0 Å². The van der Waals surface area contributed by atoms with Crippen molar-refractivity contribution in [3.8, 4) is 0 Å². The zero-order chi connectivity index (χ0) is 11.4. The van der Waals surface area contributed by atoms with Crippen LogP contribution in [0.2, 0.25) is 0 Å². The van der Waals surface area contributed by atoms with Gasteiger partial charge in [-0.1, -0.05) is 0 Å². The summed E-state index contributed by atoms with van der Waals surface area (Å²) in [7, 11) is 0. The van der Waals surface area contributed by atoms with Crippen molar-refractivity contribution in [1.82, 2.24) is 19.9 Å². The quantitative estimate of drug-likeness (QED) is 0.861. The first kappa shape index (κ1) is 11.3. The lowest BCUT2D eigenvalue weighted by atomic mass is 10.3. The van der Waals surface area contributed by atoms with E-state index in [2.05, 4.69) is 32.2 Å². The summed E-state index contributed by atoms with van der Waals surface area (Å²) in [5, 5.41) is 6.67. The van der Waals surface area contributed by atoms with Gasteiger partial charge >= 0.3 is 0 Å². The average molecular weight is 236 g/mol. The third-order valence-corrected chi connectivity index (χ3v) is 3.16. The Morgan fingerprint density at radius 2 is 2.44 bits per heavy atom. The van der Waals surface area contributed by atoms with E-state index in [0.29, 0.717) is 6.04 Å². The van der Waals surface area contributed by atoms with Gasteiger partial charge in [0.1, 0.15) is 0 Å². The zero-order valence-corrected chi connectivity index (χ0v) is 10.4. The van der Waals surface area contributed by atoms with Crippen molar-refractivity contribution < 1.29 is 0 Å². The van der Waals surface area contributed by atoms with E-state index in [-0.39, 0.29) is 0 Å². The van der Waals surface area contributed by atoms with E-state index in [4.69, 9.17) is 0 Å². The lowest BCUT2D eigenvalue weighted by Crippen LogP contribution is -2.29. The molecule has 2 rings (SSSR count). The predicted octanol–water partition coefficient (Wildman–Crippen LogP) is 1.83. The van der Waals surface area contributed by atoms with E-state index >= 15 is 0 Å². The first-order valence-corrected chi connectivity index (χ1v) is 6.22. The number of aryl methyl sites for hydroxylation is 1. The molecule has 86 valence electrons. The number of thiazole rings is 1. The number of hydrogen-bond donors (Lipinski definition) is 1. The third-order valence-electron chi connectivity index (χ3n) is 2.34. The molecular weight excluding hydrogens is 220 g/mol. The van der Waals surface area contributed by atoms with Crippen LogP contribution in [0, 0.1) is 6.92 Å². The molecule has 2 aromatic heterocycles. The van der Waals surface area contributed by atoms with Crippen LogP contribution in [-0.4, -0.2) is 20.6 Å². The average Bonchev–Trinajstić information content (AvgIpc) is 2.87. The molecule has 2 aromatic rings. The highest BCUT2D eigenvalue weighted by atomic mass is 32.1. The van der Waals surface area contributed by atoms with E-state index in [1.165, 1.54) is 0 Å². The molecule has 1 N–H and O–H groups in total. The fourth-order valence-electron chi connectivity index (χ4n) is 1.54. The Hall–Kier alpha value is -1.20. The predicted molar refractivity (Wildman–Crippen MR) is 65.4 cm³/mol. The summed E-state index contributed by atoms with van der Waals surface area (Å²) in [5.74, 6) is 0. The second kappa shape index (κ2) is 5.23. The Kier molecular flexibility index (Phi) is 3.69. The summed E-state index contributed by atoms with van der Waals surface area (Å²) in [6.45, 7) is 5.96. The topological polar surface area (TPSA) is 42.7 Å². The maximum Gasteiger partial charge on any atom is 0.0946 e. The Morgan fingerprint density at radius 1 is 1.56 bits per heavy atom. The summed E-state index contributed by atoms with van der Waals surface area (Å²) in [6, 6.07) is 0.413.